The van der Waals surface area contributed by atoms with Crippen molar-refractivity contribution in [1.82, 2.24) is 29.5 Å². The fourth-order valence-electron chi connectivity index (χ4n) is 8.52. The molecule has 374 valence electrons. The van der Waals surface area contributed by atoms with E-state index in [-0.39, 0.29) is 24.8 Å². The topological polar surface area (TPSA) is 168 Å². The number of aryl methyl sites for hydroxylation is 2. The molecular formula is C52H57F4N9O6. The molecule has 2 atom stereocenters. The number of nitrogens with one attached hydrogen (secondary N) is 3. The number of aromatic nitrogens is 4. The van der Waals surface area contributed by atoms with E-state index in [0.29, 0.717) is 104 Å². The predicted molar refractivity (Wildman–Crippen MR) is 265 cm³/mol. The van der Waals surface area contributed by atoms with Crippen LogP contribution in [0.3, 0.4) is 0 Å². The van der Waals surface area contributed by atoms with Crippen LogP contribution >= 0.6 is 0 Å². The third kappa shape index (κ3) is 13.3. The first kappa shape index (κ1) is 50.1. The average molecular weight is 980 g/mol. The number of nitrogen functional groups attached to an aromatic ring is 1. The maximum Gasteiger partial charge on any atom is 0.406 e. The summed E-state index contributed by atoms with van der Waals surface area (Å²) in [5.41, 5.74) is 14.0. The summed E-state index contributed by atoms with van der Waals surface area (Å²) in [5, 5.41) is 13.8. The first-order valence-corrected chi connectivity index (χ1v) is 23.3. The van der Waals surface area contributed by atoms with Crippen molar-refractivity contribution in [3.05, 3.63) is 114 Å². The number of nitrogens with zero attached hydrogens (tertiary/aromatic N) is 5. The van der Waals surface area contributed by atoms with Crippen LogP contribution in [0.2, 0.25) is 0 Å². The van der Waals surface area contributed by atoms with Crippen LogP contribution in [-0.2, 0) is 27.4 Å². The molecule has 0 aliphatic carbocycles. The number of carbonyl (C=O) groups excluding carboxylic acids is 1. The minimum absolute atomic E-state index is 0.152. The fourth-order valence-corrected chi connectivity index (χ4v) is 8.52. The first-order valence-electron chi connectivity index (χ1n) is 23.3. The molecule has 3 aromatic heterocycles. The molecule has 1 saturated heterocycles. The first-order chi connectivity index (χ1) is 34.3. The summed E-state index contributed by atoms with van der Waals surface area (Å²) in [6.45, 7) is 6.07. The number of rotatable bonds is 21. The van der Waals surface area contributed by atoms with E-state index in [1.54, 1.807) is 48.8 Å². The lowest BCUT2D eigenvalue weighted by Crippen LogP contribution is -2.46. The maximum atomic E-state index is 14.8. The molecule has 0 spiro atoms. The fraction of sp³-hybridized carbons (Fsp3) is 0.365. The second-order valence-electron chi connectivity index (χ2n) is 17.3. The van der Waals surface area contributed by atoms with Crippen molar-refractivity contribution >= 4 is 44.9 Å². The molecule has 1 fully saturated rings. The Kier molecular flexibility index (Phi) is 16.3. The van der Waals surface area contributed by atoms with Gasteiger partial charge in [-0.2, -0.15) is 13.2 Å². The van der Waals surface area contributed by atoms with Gasteiger partial charge in [-0.05, 0) is 111 Å². The van der Waals surface area contributed by atoms with Crippen molar-refractivity contribution < 1.29 is 45.8 Å². The van der Waals surface area contributed by atoms with Crippen molar-refractivity contribution in [2.45, 2.75) is 51.7 Å². The van der Waals surface area contributed by atoms with E-state index in [1.165, 1.54) is 0 Å². The highest BCUT2D eigenvalue weighted by Crippen LogP contribution is 2.34. The summed E-state index contributed by atoms with van der Waals surface area (Å²) in [7, 11) is 1.86. The Labute approximate surface area is 408 Å². The molecule has 0 saturated carbocycles. The van der Waals surface area contributed by atoms with Gasteiger partial charge in [0.25, 0.3) is 5.91 Å². The number of nitrogens with two attached hydrogens (primary N) is 1. The Morgan fingerprint density at radius 1 is 0.930 bits per heavy atom. The number of ether oxygens (including phenoxy) is 4. The van der Waals surface area contributed by atoms with Gasteiger partial charge in [0.15, 0.2) is 6.61 Å². The van der Waals surface area contributed by atoms with E-state index >= 15 is 0 Å². The lowest BCUT2D eigenvalue weighted by Gasteiger charge is -2.33. The van der Waals surface area contributed by atoms with Gasteiger partial charge in [-0.3, -0.25) is 4.79 Å². The molecule has 71 heavy (non-hydrogen) atoms. The molecule has 0 radical (unpaired) electrons. The van der Waals surface area contributed by atoms with Crippen LogP contribution in [-0.4, -0.2) is 121 Å². The maximum absolute atomic E-state index is 14.8. The van der Waals surface area contributed by atoms with E-state index in [2.05, 4.69) is 37.9 Å². The molecule has 1 aliphatic heterocycles. The normalized spacial score (nSPS) is 15.1. The second-order valence-corrected chi connectivity index (χ2v) is 17.3. The molecule has 8 rings (SSSR count). The van der Waals surface area contributed by atoms with Crippen LogP contribution in [0.1, 0.15) is 29.1 Å². The summed E-state index contributed by atoms with van der Waals surface area (Å²) in [5.74, 6) is 7.48. The number of piperidine rings is 1. The Morgan fingerprint density at radius 2 is 1.72 bits per heavy atom. The number of imidazole rings is 1. The van der Waals surface area contributed by atoms with Crippen molar-refractivity contribution in [1.29, 1.82) is 0 Å². The lowest BCUT2D eigenvalue weighted by molar-refractivity contribution is -0.140. The van der Waals surface area contributed by atoms with Crippen molar-refractivity contribution in [2.24, 2.45) is 0 Å². The second kappa shape index (κ2) is 23.1. The highest BCUT2D eigenvalue weighted by atomic mass is 19.4. The van der Waals surface area contributed by atoms with Crippen LogP contribution in [0.4, 0.5) is 34.6 Å². The number of carbonyl (C=O) groups is 1. The van der Waals surface area contributed by atoms with E-state index < -0.39 is 24.9 Å². The minimum atomic E-state index is -4.46. The SMILES string of the molecule is Cc1noc(C)c1-c1cc(N)c2ncn(Cc3cccc(OCC(=O)NCCOCCOCCOc4ccc(NCC#Cc5cc6c(N[C@@H]7CCN(C)C[C@@H]7F)cccc6n5CC(F)(F)F)cc4)c3)c2c1. The molecule has 1 aliphatic rings. The zero-order valence-electron chi connectivity index (χ0n) is 39.8. The Hall–Kier alpha value is -7.27. The van der Waals surface area contributed by atoms with Gasteiger partial charge in [0.2, 0.25) is 0 Å². The van der Waals surface area contributed by atoms with Gasteiger partial charge in [0, 0.05) is 48.5 Å². The monoisotopic (exact) mass is 979 g/mol. The summed E-state index contributed by atoms with van der Waals surface area (Å²) < 4.78 is 87.2. The van der Waals surface area contributed by atoms with Gasteiger partial charge >= 0.3 is 6.18 Å². The highest BCUT2D eigenvalue weighted by Gasteiger charge is 2.31. The molecule has 15 nitrogen and oxygen atoms in total. The van der Waals surface area contributed by atoms with E-state index in [9.17, 15) is 22.4 Å². The molecule has 4 heterocycles. The molecule has 1 amide bonds. The Morgan fingerprint density at radius 3 is 2.49 bits per heavy atom. The summed E-state index contributed by atoms with van der Waals surface area (Å²) in [4.78, 5) is 18.9. The largest absolute Gasteiger partial charge is 0.491 e. The average Bonchev–Trinajstić information content (AvgIpc) is 4.02. The third-order valence-corrected chi connectivity index (χ3v) is 12.0. The van der Waals surface area contributed by atoms with Gasteiger partial charge in [-0.15, -0.1) is 0 Å². The molecular weight excluding hydrogens is 923 g/mol. The zero-order chi connectivity index (χ0) is 49.9. The molecule has 0 unspecified atom stereocenters. The van der Waals surface area contributed by atoms with Gasteiger partial charge < -0.3 is 59.2 Å². The van der Waals surface area contributed by atoms with Crippen LogP contribution in [0, 0.1) is 25.7 Å². The highest BCUT2D eigenvalue weighted by molar-refractivity contribution is 5.94. The molecule has 19 heteroatoms. The van der Waals surface area contributed by atoms with Crippen molar-refractivity contribution in [3.63, 3.8) is 0 Å². The van der Waals surface area contributed by atoms with Gasteiger partial charge in [0.05, 0.1) is 73.5 Å². The number of benzene rings is 4. The summed E-state index contributed by atoms with van der Waals surface area (Å²) >= 11 is 0. The standard InChI is InChI=1S/C52H57F4N9O6/c1-34-50(35(2)71-62-34)37-26-44(57)51-48(27-37)64(33-60-51)29-36-7-4-9-41(25-36)70-31-49(66)59-18-20-67-21-22-68-23-24-69-40-14-12-38(13-15-40)58-17-6-8-39-28-42-45(61-46-16-19-63(3)30-43(46)53)10-5-11-47(42)65(39)32-52(54,55)56/h4-5,7,9-15,25-28,33,43,46,58,61H,16-24,29-32,57H2,1-3H3,(H,59,66)/t43-,46+/m0/s1. The molecule has 7 aromatic rings. The Bertz CT molecular complexity index is 2960. The molecule has 0 bridgehead atoms. The quantitative estimate of drug-likeness (QED) is 0.0238. The van der Waals surface area contributed by atoms with Crippen LogP contribution in [0.15, 0.2) is 95.8 Å². The van der Waals surface area contributed by atoms with Crippen LogP contribution in [0.25, 0.3) is 33.1 Å². The smallest absolute Gasteiger partial charge is 0.406 e. The summed E-state index contributed by atoms with van der Waals surface area (Å²) in [6.07, 6.45) is -3.23. The third-order valence-electron chi connectivity index (χ3n) is 12.0. The van der Waals surface area contributed by atoms with Gasteiger partial charge in [0.1, 0.15) is 42.1 Å². The lowest BCUT2D eigenvalue weighted by atomic mass is 10.0. The number of alkyl halides is 4. The molecule has 4 aromatic carbocycles. The number of anilines is 3. The van der Waals surface area contributed by atoms with E-state index in [4.69, 9.17) is 29.2 Å². The van der Waals surface area contributed by atoms with E-state index in [1.807, 2.05) is 72.8 Å². The minimum Gasteiger partial charge on any atom is -0.491 e. The van der Waals surface area contributed by atoms with Gasteiger partial charge in [-0.1, -0.05) is 29.3 Å². The van der Waals surface area contributed by atoms with Gasteiger partial charge in [-0.25, -0.2) is 9.37 Å². The van der Waals surface area contributed by atoms with Crippen LogP contribution < -0.4 is 31.2 Å². The van der Waals surface area contributed by atoms with Crippen molar-refractivity contribution in [2.75, 3.05) is 89.2 Å². The number of amides is 1. The van der Waals surface area contributed by atoms with Crippen LogP contribution in [0.5, 0.6) is 11.5 Å². The predicted octanol–water partition coefficient (Wildman–Crippen LogP) is 7.98. The number of likely N-dealkylation sites (tertiary alicyclic amines) is 1. The van der Waals surface area contributed by atoms with Crippen molar-refractivity contribution in [3.8, 4) is 34.5 Å². The number of fused-ring (bicyclic) bond motifs is 2. The van der Waals surface area contributed by atoms with E-state index in [0.717, 1.165) is 44.7 Å². The molecule has 5 N–H and O–H groups in total. The Balaban J connectivity index is 0.695. The summed E-state index contributed by atoms with van der Waals surface area (Å²) in [6, 6.07) is 24.9. The number of halogens is 4. The zero-order valence-corrected chi connectivity index (χ0v) is 39.8. The number of hydrogen-bond donors (Lipinski definition) is 4. The number of hydrogen-bond acceptors (Lipinski definition) is 12.